The minimum Gasteiger partial charge on any atom is -0.314 e. The van der Waals surface area contributed by atoms with Crippen LogP contribution < -0.4 is 4.90 Å². The topological polar surface area (TPSA) is 34.0 Å². The van der Waals surface area contributed by atoms with Gasteiger partial charge in [-0.3, -0.25) is 4.57 Å². The smallest absolute Gasteiger partial charge is 0.231 e. The van der Waals surface area contributed by atoms with E-state index in [4.69, 9.17) is 0 Å². The third kappa shape index (κ3) is 3.28. The number of nitrogens with zero attached hydrogens (tertiary/aromatic N) is 4. The Labute approximate surface area is 138 Å². The summed E-state index contributed by atoms with van der Waals surface area (Å²) < 4.78 is 15.0. The molecule has 0 N–H and O–H groups in total. The highest BCUT2D eigenvalue weighted by molar-refractivity contribution is 7.09. The zero-order valence-corrected chi connectivity index (χ0v) is 13.9. The van der Waals surface area contributed by atoms with Crippen molar-refractivity contribution >= 4 is 35.4 Å². The summed E-state index contributed by atoms with van der Waals surface area (Å²) >= 11 is 1.71. The zero-order chi connectivity index (χ0) is 14.8. The van der Waals surface area contributed by atoms with Crippen LogP contribution in [0.4, 0.5) is 16.0 Å². The van der Waals surface area contributed by atoms with Crippen molar-refractivity contribution in [3.05, 3.63) is 58.3 Å². The molecule has 0 fully saturated rings. The van der Waals surface area contributed by atoms with Gasteiger partial charge in [0.1, 0.15) is 11.6 Å². The Morgan fingerprint density at radius 1 is 1.18 bits per heavy atom. The van der Waals surface area contributed by atoms with Crippen molar-refractivity contribution in [3.8, 4) is 0 Å². The van der Waals surface area contributed by atoms with E-state index in [9.17, 15) is 4.39 Å². The van der Waals surface area contributed by atoms with E-state index in [0.29, 0.717) is 0 Å². The second-order valence-electron chi connectivity index (χ2n) is 4.77. The fourth-order valence-corrected chi connectivity index (χ4v) is 2.85. The molecule has 1 aromatic carbocycles. The molecule has 7 heteroatoms. The summed E-state index contributed by atoms with van der Waals surface area (Å²) in [6.45, 7) is 0. The number of hydrogen-bond acceptors (Lipinski definition) is 4. The van der Waals surface area contributed by atoms with Gasteiger partial charge in [0.2, 0.25) is 5.95 Å². The quantitative estimate of drug-likeness (QED) is 0.725. The molecule has 0 unspecified atom stereocenters. The van der Waals surface area contributed by atoms with Crippen molar-refractivity contribution in [2.45, 2.75) is 6.42 Å². The first-order valence-corrected chi connectivity index (χ1v) is 7.43. The van der Waals surface area contributed by atoms with Crippen molar-refractivity contribution in [2.24, 2.45) is 7.05 Å². The molecule has 0 bridgehead atoms. The van der Waals surface area contributed by atoms with Gasteiger partial charge in [-0.1, -0.05) is 6.07 Å². The number of thiophene rings is 1. The molecule has 0 amide bonds. The lowest BCUT2D eigenvalue weighted by Gasteiger charge is -2.17. The normalized spacial score (nSPS) is 10.3. The maximum absolute atomic E-state index is 13.0. The fraction of sp³-hybridized carbons (Fsp3) is 0.200. The van der Waals surface area contributed by atoms with Crippen LogP contribution in [0.5, 0.6) is 0 Å². The summed E-state index contributed by atoms with van der Waals surface area (Å²) in [4.78, 5) is 3.14. The molecule has 2 aromatic heterocycles. The average molecular weight is 339 g/mol. The lowest BCUT2D eigenvalue weighted by Crippen LogP contribution is -2.15. The second-order valence-corrected chi connectivity index (χ2v) is 5.80. The van der Waals surface area contributed by atoms with Crippen LogP contribution in [0.3, 0.4) is 0 Å². The number of aromatic nitrogens is 3. The summed E-state index contributed by atoms with van der Waals surface area (Å²) in [5.74, 6) is 1.39. The predicted molar refractivity (Wildman–Crippen MR) is 89.8 cm³/mol. The van der Waals surface area contributed by atoms with Crippen molar-refractivity contribution in [1.82, 2.24) is 14.8 Å². The maximum atomic E-state index is 13.0. The molecule has 0 radical (unpaired) electrons. The van der Waals surface area contributed by atoms with E-state index in [0.717, 1.165) is 23.9 Å². The molecule has 0 saturated heterocycles. The number of rotatable bonds is 4. The van der Waals surface area contributed by atoms with Crippen molar-refractivity contribution in [2.75, 3.05) is 11.9 Å². The van der Waals surface area contributed by atoms with Crippen LogP contribution in [0.25, 0.3) is 0 Å². The summed E-state index contributed by atoms with van der Waals surface area (Å²) in [6.07, 6.45) is 0.762. The SMILES string of the molecule is CN(c1ccc(F)cc1)c1nnc(Cc2cccs2)n1C.Cl. The van der Waals surface area contributed by atoms with Crippen LogP contribution in [-0.4, -0.2) is 21.8 Å². The molecule has 4 nitrogen and oxygen atoms in total. The van der Waals surface area contributed by atoms with Gasteiger partial charge in [0.25, 0.3) is 0 Å². The van der Waals surface area contributed by atoms with Gasteiger partial charge in [-0.2, -0.15) is 0 Å². The summed E-state index contributed by atoms with van der Waals surface area (Å²) in [6, 6.07) is 10.4. The van der Waals surface area contributed by atoms with E-state index in [1.165, 1.54) is 17.0 Å². The molecule has 0 atom stereocenters. The molecule has 3 rings (SSSR count). The Bertz CT molecular complexity index is 725. The minimum atomic E-state index is -0.247. The summed E-state index contributed by atoms with van der Waals surface area (Å²) in [7, 11) is 3.84. The fourth-order valence-electron chi connectivity index (χ4n) is 2.15. The first-order valence-electron chi connectivity index (χ1n) is 6.55. The predicted octanol–water partition coefficient (Wildman–Crippen LogP) is 3.80. The minimum absolute atomic E-state index is 0. The highest BCUT2D eigenvalue weighted by Gasteiger charge is 2.14. The van der Waals surface area contributed by atoms with Gasteiger partial charge >= 0.3 is 0 Å². The summed E-state index contributed by atoms with van der Waals surface area (Å²) in [5.41, 5.74) is 0.870. The van der Waals surface area contributed by atoms with E-state index < -0.39 is 0 Å². The average Bonchev–Trinajstić information content (AvgIpc) is 3.11. The molecular weight excluding hydrogens is 323 g/mol. The Balaban J connectivity index is 0.00000176. The molecular formula is C15H16ClFN4S. The van der Waals surface area contributed by atoms with Crippen LogP contribution in [0.15, 0.2) is 41.8 Å². The third-order valence-corrected chi connectivity index (χ3v) is 4.24. The maximum Gasteiger partial charge on any atom is 0.231 e. The van der Waals surface area contributed by atoms with E-state index in [1.54, 1.807) is 23.5 Å². The van der Waals surface area contributed by atoms with E-state index in [2.05, 4.69) is 21.6 Å². The van der Waals surface area contributed by atoms with E-state index >= 15 is 0 Å². The second kappa shape index (κ2) is 6.89. The van der Waals surface area contributed by atoms with Crippen LogP contribution in [0.1, 0.15) is 10.7 Å². The zero-order valence-electron chi connectivity index (χ0n) is 12.2. The van der Waals surface area contributed by atoms with Crippen molar-refractivity contribution in [3.63, 3.8) is 0 Å². The Morgan fingerprint density at radius 3 is 2.55 bits per heavy atom. The first kappa shape index (κ1) is 16.5. The van der Waals surface area contributed by atoms with Gasteiger partial charge in [0.15, 0.2) is 0 Å². The molecule has 116 valence electrons. The number of benzene rings is 1. The lowest BCUT2D eigenvalue weighted by atomic mass is 10.3. The third-order valence-electron chi connectivity index (χ3n) is 3.37. The van der Waals surface area contributed by atoms with Gasteiger partial charge in [-0.05, 0) is 35.7 Å². The highest BCUT2D eigenvalue weighted by atomic mass is 35.5. The van der Waals surface area contributed by atoms with Gasteiger partial charge in [-0.15, -0.1) is 33.9 Å². The lowest BCUT2D eigenvalue weighted by molar-refractivity contribution is 0.628. The highest BCUT2D eigenvalue weighted by Crippen LogP contribution is 2.23. The van der Waals surface area contributed by atoms with Gasteiger partial charge in [0, 0.05) is 31.1 Å². The Morgan fingerprint density at radius 2 is 1.91 bits per heavy atom. The van der Waals surface area contributed by atoms with Gasteiger partial charge in [0.05, 0.1) is 0 Å². The first-order chi connectivity index (χ1) is 10.1. The molecule has 0 aliphatic heterocycles. The van der Waals surface area contributed by atoms with Gasteiger partial charge in [-0.25, -0.2) is 4.39 Å². The van der Waals surface area contributed by atoms with Crippen molar-refractivity contribution in [1.29, 1.82) is 0 Å². The van der Waals surface area contributed by atoms with E-state index in [1.807, 2.05) is 29.6 Å². The molecule has 0 aliphatic rings. The molecule has 0 saturated carbocycles. The molecule has 22 heavy (non-hydrogen) atoms. The number of anilines is 2. The monoisotopic (exact) mass is 338 g/mol. The van der Waals surface area contributed by atoms with Gasteiger partial charge < -0.3 is 4.90 Å². The largest absolute Gasteiger partial charge is 0.314 e. The molecule has 3 aromatic rings. The number of hydrogen-bond donors (Lipinski definition) is 0. The molecule has 2 heterocycles. The van der Waals surface area contributed by atoms with Crippen LogP contribution in [0.2, 0.25) is 0 Å². The summed E-state index contributed by atoms with van der Waals surface area (Å²) in [5, 5.41) is 10.6. The molecule has 0 aliphatic carbocycles. The number of halogens is 2. The Hall–Kier alpha value is -1.92. The van der Waals surface area contributed by atoms with Crippen LogP contribution in [0, 0.1) is 5.82 Å². The Kier molecular flexibility index (Phi) is 5.15. The van der Waals surface area contributed by atoms with E-state index in [-0.39, 0.29) is 18.2 Å². The molecule has 0 spiro atoms. The van der Waals surface area contributed by atoms with Crippen LogP contribution in [-0.2, 0) is 13.5 Å². The van der Waals surface area contributed by atoms with Crippen LogP contribution >= 0.6 is 23.7 Å². The van der Waals surface area contributed by atoms with Crippen molar-refractivity contribution < 1.29 is 4.39 Å². The standard InChI is InChI=1S/C15H15FN4S.ClH/c1-19(12-7-5-11(16)6-8-12)15-18-17-14(20(15)2)10-13-4-3-9-21-13;/h3-9H,10H2,1-2H3;1H.